The fourth-order valence-corrected chi connectivity index (χ4v) is 3.11. The summed E-state index contributed by atoms with van der Waals surface area (Å²) in [5, 5.41) is -0.663. The summed E-state index contributed by atoms with van der Waals surface area (Å²) >= 11 is 11.4. The predicted molar refractivity (Wildman–Crippen MR) is 97.4 cm³/mol. The van der Waals surface area contributed by atoms with Crippen LogP contribution in [0, 0.1) is 0 Å². The molecule has 3 rings (SSSR count). The van der Waals surface area contributed by atoms with Crippen LogP contribution < -0.4 is 5.56 Å². The highest BCUT2D eigenvalue weighted by Crippen LogP contribution is 2.36. The molecule has 30 heavy (non-hydrogen) atoms. The Kier molecular flexibility index (Phi) is 5.83. The highest BCUT2D eigenvalue weighted by atomic mass is 35.5. The quantitative estimate of drug-likeness (QED) is 0.497. The molecule has 0 aliphatic rings. The Balaban J connectivity index is 2.15. The fraction of sp³-hybridized carbons (Fsp3) is 0.167. The normalized spacial score (nSPS) is 12.3. The minimum Gasteiger partial charge on any atom is -0.305 e. The Hall–Kier alpha value is -2.59. The van der Waals surface area contributed by atoms with Gasteiger partial charge in [0.25, 0.3) is 5.56 Å². The first-order chi connectivity index (χ1) is 13.9. The summed E-state index contributed by atoms with van der Waals surface area (Å²) in [6, 6.07) is 5.36. The van der Waals surface area contributed by atoms with Gasteiger partial charge in [-0.2, -0.15) is 26.3 Å². The van der Waals surface area contributed by atoms with Gasteiger partial charge in [-0.3, -0.25) is 9.78 Å². The molecule has 0 aliphatic carbocycles. The van der Waals surface area contributed by atoms with Crippen LogP contribution in [0.25, 0.3) is 11.5 Å². The number of pyridine rings is 1. The van der Waals surface area contributed by atoms with Gasteiger partial charge < -0.3 is 4.98 Å². The van der Waals surface area contributed by atoms with Crippen LogP contribution >= 0.6 is 23.2 Å². The van der Waals surface area contributed by atoms with E-state index in [0.717, 1.165) is 12.1 Å². The number of aromatic nitrogens is 3. The van der Waals surface area contributed by atoms with Gasteiger partial charge in [-0.05, 0) is 29.8 Å². The maximum atomic E-state index is 13.6. The van der Waals surface area contributed by atoms with Crippen molar-refractivity contribution in [3.8, 4) is 11.5 Å². The zero-order chi connectivity index (χ0) is 22.3. The van der Waals surface area contributed by atoms with E-state index >= 15 is 0 Å². The Morgan fingerprint density at radius 2 is 1.67 bits per heavy atom. The number of rotatable bonds is 3. The Morgan fingerprint density at radius 3 is 2.27 bits per heavy atom. The van der Waals surface area contributed by atoms with Crippen LogP contribution in [0.4, 0.5) is 26.3 Å². The van der Waals surface area contributed by atoms with Crippen molar-refractivity contribution in [3.63, 3.8) is 0 Å². The van der Waals surface area contributed by atoms with E-state index < -0.39 is 52.0 Å². The monoisotopic (exact) mass is 467 g/mol. The lowest BCUT2D eigenvalue weighted by Crippen LogP contribution is -2.24. The van der Waals surface area contributed by atoms with Crippen LogP contribution in [0.5, 0.6) is 0 Å². The highest BCUT2D eigenvalue weighted by molar-refractivity contribution is 6.32. The molecule has 2 aromatic heterocycles. The zero-order valence-electron chi connectivity index (χ0n) is 14.5. The summed E-state index contributed by atoms with van der Waals surface area (Å²) < 4.78 is 79.9. The van der Waals surface area contributed by atoms with Crippen molar-refractivity contribution in [2.24, 2.45) is 0 Å². The average Bonchev–Trinajstić information content (AvgIpc) is 2.63. The zero-order valence-corrected chi connectivity index (χ0v) is 16.0. The molecule has 1 aromatic carbocycles. The van der Waals surface area contributed by atoms with E-state index in [-0.39, 0.29) is 16.3 Å². The second-order valence-corrected chi connectivity index (χ2v) is 6.88. The van der Waals surface area contributed by atoms with Gasteiger partial charge in [-0.1, -0.05) is 29.3 Å². The van der Waals surface area contributed by atoms with E-state index in [2.05, 4.69) is 15.0 Å². The highest BCUT2D eigenvalue weighted by Gasteiger charge is 2.38. The van der Waals surface area contributed by atoms with Crippen molar-refractivity contribution in [1.29, 1.82) is 0 Å². The molecule has 3 aromatic rings. The summed E-state index contributed by atoms with van der Waals surface area (Å²) in [5.74, 6) is -0.520. The van der Waals surface area contributed by atoms with E-state index in [1.54, 1.807) is 0 Å². The van der Waals surface area contributed by atoms with Crippen LogP contribution in [0.3, 0.4) is 0 Å². The first-order valence-corrected chi connectivity index (χ1v) is 8.80. The molecule has 1 N–H and O–H groups in total. The van der Waals surface area contributed by atoms with E-state index in [1.165, 1.54) is 18.3 Å². The molecule has 0 spiro atoms. The third-order valence-corrected chi connectivity index (χ3v) is 4.62. The number of alkyl halides is 6. The van der Waals surface area contributed by atoms with E-state index in [1.807, 2.05) is 0 Å². The fourth-order valence-electron chi connectivity index (χ4n) is 2.67. The number of hydrogen-bond acceptors (Lipinski definition) is 3. The van der Waals surface area contributed by atoms with Crippen molar-refractivity contribution in [2.45, 2.75) is 18.8 Å². The van der Waals surface area contributed by atoms with Crippen LogP contribution in [-0.2, 0) is 18.8 Å². The summed E-state index contributed by atoms with van der Waals surface area (Å²) in [6.45, 7) is 0. The number of halogens is 8. The lowest BCUT2D eigenvalue weighted by Gasteiger charge is -2.14. The maximum Gasteiger partial charge on any atom is 0.433 e. The molecular weight excluding hydrogens is 459 g/mol. The molecule has 0 aliphatic heterocycles. The molecule has 0 unspecified atom stereocenters. The first kappa shape index (κ1) is 22.1. The van der Waals surface area contributed by atoms with Crippen molar-refractivity contribution in [1.82, 2.24) is 15.0 Å². The van der Waals surface area contributed by atoms with Crippen molar-refractivity contribution >= 4 is 23.2 Å². The Bertz CT molecular complexity index is 1160. The SMILES string of the molecule is O=c1[nH]c(-c2ncccc2Cl)nc(C(F)(F)F)c1Cc1ccc(Cl)c(C(F)(F)F)c1. The number of hydrogen-bond donors (Lipinski definition) is 1. The van der Waals surface area contributed by atoms with Crippen molar-refractivity contribution < 1.29 is 26.3 Å². The number of nitrogens with zero attached hydrogens (tertiary/aromatic N) is 2. The molecule has 2 heterocycles. The maximum absolute atomic E-state index is 13.6. The standard InChI is InChI=1S/C18H9Cl2F6N3O/c19-11-4-3-8(7-10(11)17(21,22)23)6-9-14(18(24,25)26)28-15(29-16(9)30)13-12(20)2-1-5-27-13/h1-5,7H,6H2,(H,28,29,30). The lowest BCUT2D eigenvalue weighted by molar-refractivity contribution is -0.142. The molecule has 12 heteroatoms. The third kappa shape index (κ3) is 4.59. The Morgan fingerprint density at radius 1 is 0.967 bits per heavy atom. The van der Waals surface area contributed by atoms with E-state index in [4.69, 9.17) is 23.2 Å². The van der Waals surface area contributed by atoms with Gasteiger partial charge in [0.2, 0.25) is 0 Å². The predicted octanol–water partition coefficient (Wildman–Crippen LogP) is 5.77. The molecule has 158 valence electrons. The van der Waals surface area contributed by atoms with Gasteiger partial charge in [-0.15, -0.1) is 0 Å². The lowest BCUT2D eigenvalue weighted by atomic mass is 10.0. The van der Waals surface area contributed by atoms with Gasteiger partial charge in [0.15, 0.2) is 11.5 Å². The van der Waals surface area contributed by atoms with Gasteiger partial charge in [0.05, 0.1) is 21.2 Å². The number of H-pyrrole nitrogens is 1. The molecule has 0 radical (unpaired) electrons. The summed E-state index contributed by atoms with van der Waals surface area (Å²) in [5.41, 5.74) is -5.19. The molecule has 0 atom stereocenters. The Labute approximate surface area is 174 Å². The van der Waals surface area contributed by atoms with Gasteiger partial charge in [0.1, 0.15) is 5.69 Å². The van der Waals surface area contributed by atoms with Crippen LogP contribution in [0.15, 0.2) is 41.3 Å². The third-order valence-electron chi connectivity index (χ3n) is 3.98. The molecule has 0 saturated carbocycles. The number of nitrogens with one attached hydrogen (secondary N) is 1. The van der Waals surface area contributed by atoms with Crippen LogP contribution in [0.1, 0.15) is 22.4 Å². The average molecular weight is 468 g/mol. The topological polar surface area (TPSA) is 58.6 Å². The summed E-state index contributed by atoms with van der Waals surface area (Å²) in [6.07, 6.45) is -9.38. The summed E-state index contributed by atoms with van der Waals surface area (Å²) in [7, 11) is 0. The molecule has 0 amide bonds. The van der Waals surface area contributed by atoms with Crippen molar-refractivity contribution in [3.05, 3.63) is 79.3 Å². The molecular formula is C18H9Cl2F6N3O. The van der Waals surface area contributed by atoms with Crippen LogP contribution in [-0.4, -0.2) is 15.0 Å². The van der Waals surface area contributed by atoms with Crippen molar-refractivity contribution in [2.75, 3.05) is 0 Å². The summed E-state index contributed by atoms with van der Waals surface area (Å²) in [4.78, 5) is 21.8. The van der Waals surface area contributed by atoms with Gasteiger partial charge in [-0.25, -0.2) is 4.98 Å². The van der Waals surface area contributed by atoms with E-state index in [9.17, 15) is 31.1 Å². The molecule has 0 fully saturated rings. The first-order valence-electron chi connectivity index (χ1n) is 8.05. The van der Waals surface area contributed by atoms with Gasteiger partial charge in [0, 0.05) is 12.6 Å². The second kappa shape index (κ2) is 7.92. The molecule has 0 saturated heterocycles. The van der Waals surface area contributed by atoms with E-state index in [0.29, 0.717) is 6.07 Å². The molecule has 4 nitrogen and oxygen atoms in total. The van der Waals surface area contributed by atoms with Gasteiger partial charge >= 0.3 is 12.4 Å². The van der Waals surface area contributed by atoms with Crippen LogP contribution in [0.2, 0.25) is 10.0 Å². The minimum atomic E-state index is -5.06. The smallest absolute Gasteiger partial charge is 0.305 e. The number of benzene rings is 1. The minimum absolute atomic E-state index is 0.0472. The second-order valence-electron chi connectivity index (χ2n) is 6.06. The molecule has 0 bridgehead atoms. The number of aromatic amines is 1. The largest absolute Gasteiger partial charge is 0.433 e.